The third-order valence-corrected chi connectivity index (χ3v) is 4.53. The van der Waals surface area contributed by atoms with Gasteiger partial charge in [-0.2, -0.15) is 5.10 Å². The molecule has 2 atom stereocenters. The third kappa shape index (κ3) is 5.66. The highest BCUT2D eigenvalue weighted by Gasteiger charge is 2.30. The summed E-state index contributed by atoms with van der Waals surface area (Å²) in [6.45, 7) is 2.50. The molecule has 0 saturated carbocycles. The largest absolute Gasteiger partial charge is 0.493 e. The summed E-state index contributed by atoms with van der Waals surface area (Å²) < 4.78 is 11.0. The van der Waals surface area contributed by atoms with Crippen LogP contribution in [0.5, 0.6) is 11.5 Å². The summed E-state index contributed by atoms with van der Waals surface area (Å²) in [7, 11) is 1.61. The maximum atomic E-state index is 12.3. The fourth-order valence-electron chi connectivity index (χ4n) is 3.06. The van der Waals surface area contributed by atoms with Gasteiger partial charge in [0.05, 0.1) is 13.7 Å². The Bertz CT molecular complexity index is 868. The molecule has 29 heavy (non-hydrogen) atoms. The second kappa shape index (κ2) is 10.4. The minimum atomic E-state index is -0.382. The van der Waals surface area contributed by atoms with Crippen LogP contribution in [-0.2, 0) is 4.79 Å². The summed E-state index contributed by atoms with van der Waals surface area (Å²) in [6.07, 6.45) is 5.85. The molecule has 1 aliphatic rings. The number of nitrogens with zero attached hydrogens (tertiary/aromatic N) is 1. The molecular formula is C22H26N4O3. The van der Waals surface area contributed by atoms with Crippen molar-refractivity contribution in [3.8, 4) is 11.5 Å². The predicted octanol–water partition coefficient (Wildman–Crippen LogP) is 2.82. The molecule has 1 fully saturated rings. The summed E-state index contributed by atoms with van der Waals surface area (Å²) in [6, 6.07) is 15.3. The normalized spacial score (nSPS) is 19.0. The monoisotopic (exact) mass is 394 g/mol. The van der Waals surface area contributed by atoms with E-state index in [4.69, 9.17) is 9.47 Å². The SMILES string of the molecule is CCOc1ccc(C2CC(C(=O)N/N=C/C=C/c3ccccc3)NN2)cc1OC. The smallest absolute Gasteiger partial charge is 0.258 e. The molecule has 1 heterocycles. The molecule has 0 radical (unpaired) electrons. The first-order valence-corrected chi connectivity index (χ1v) is 9.57. The second-order valence-corrected chi connectivity index (χ2v) is 6.50. The van der Waals surface area contributed by atoms with Crippen LogP contribution in [0.15, 0.2) is 59.7 Å². The Kier molecular flexibility index (Phi) is 7.38. The summed E-state index contributed by atoms with van der Waals surface area (Å²) >= 11 is 0. The number of benzene rings is 2. The van der Waals surface area contributed by atoms with Gasteiger partial charge in [-0.3, -0.25) is 4.79 Å². The molecule has 2 aromatic rings. The standard InChI is InChI=1S/C22H26N4O3/c1-3-29-20-12-11-17(14-21(20)28-2)18-15-19(25-24-18)22(27)26-23-13-7-10-16-8-5-4-6-9-16/h4-14,18-19,24-25H,3,15H2,1-2H3,(H,26,27)/b10-7+,23-13+. The number of rotatable bonds is 8. The zero-order chi connectivity index (χ0) is 20.5. The topological polar surface area (TPSA) is 84.0 Å². The van der Waals surface area contributed by atoms with E-state index in [0.717, 1.165) is 11.1 Å². The number of hydrazine groups is 1. The van der Waals surface area contributed by atoms with Crippen molar-refractivity contribution in [1.29, 1.82) is 0 Å². The van der Waals surface area contributed by atoms with Gasteiger partial charge in [0.2, 0.25) is 0 Å². The van der Waals surface area contributed by atoms with Crippen LogP contribution in [-0.4, -0.2) is 31.9 Å². The van der Waals surface area contributed by atoms with Gasteiger partial charge >= 0.3 is 0 Å². The zero-order valence-corrected chi connectivity index (χ0v) is 16.6. The fourth-order valence-corrected chi connectivity index (χ4v) is 3.06. The van der Waals surface area contributed by atoms with E-state index in [1.54, 1.807) is 19.4 Å². The van der Waals surface area contributed by atoms with Crippen LogP contribution in [0.25, 0.3) is 6.08 Å². The van der Waals surface area contributed by atoms with Gasteiger partial charge in [0, 0.05) is 12.3 Å². The lowest BCUT2D eigenvalue weighted by molar-refractivity contribution is -0.122. The van der Waals surface area contributed by atoms with Gasteiger partial charge in [0.1, 0.15) is 6.04 Å². The van der Waals surface area contributed by atoms with Crippen LogP contribution >= 0.6 is 0 Å². The minimum absolute atomic E-state index is 0.0164. The Morgan fingerprint density at radius 1 is 1.21 bits per heavy atom. The van der Waals surface area contributed by atoms with Crippen LogP contribution in [0.2, 0.25) is 0 Å². The molecule has 0 spiro atoms. The summed E-state index contributed by atoms with van der Waals surface area (Å²) in [5.74, 6) is 1.19. The van der Waals surface area contributed by atoms with Crippen molar-refractivity contribution in [3.63, 3.8) is 0 Å². The zero-order valence-electron chi connectivity index (χ0n) is 16.6. The van der Waals surface area contributed by atoms with Crippen LogP contribution < -0.4 is 25.8 Å². The molecule has 3 N–H and O–H groups in total. The summed E-state index contributed by atoms with van der Waals surface area (Å²) in [5, 5.41) is 3.97. The molecule has 0 bridgehead atoms. The minimum Gasteiger partial charge on any atom is -0.493 e. The maximum Gasteiger partial charge on any atom is 0.258 e. The van der Waals surface area contributed by atoms with Crippen molar-refractivity contribution in [2.75, 3.05) is 13.7 Å². The average molecular weight is 394 g/mol. The van der Waals surface area contributed by atoms with E-state index in [-0.39, 0.29) is 18.0 Å². The number of allylic oxidation sites excluding steroid dienone is 1. The molecule has 1 amide bonds. The molecule has 0 aromatic heterocycles. The molecule has 0 aliphatic carbocycles. The first kappa shape index (κ1) is 20.6. The van der Waals surface area contributed by atoms with Gasteiger partial charge in [0.15, 0.2) is 11.5 Å². The quantitative estimate of drug-likeness (QED) is 0.474. The van der Waals surface area contributed by atoms with Crippen molar-refractivity contribution in [3.05, 3.63) is 65.7 Å². The van der Waals surface area contributed by atoms with E-state index in [2.05, 4.69) is 21.4 Å². The Morgan fingerprint density at radius 2 is 2.03 bits per heavy atom. The van der Waals surface area contributed by atoms with E-state index in [1.165, 1.54) is 0 Å². The average Bonchev–Trinajstić information content (AvgIpc) is 3.25. The van der Waals surface area contributed by atoms with Crippen molar-refractivity contribution < 1.29 is 14.3 Å². The molecule has 3 rings (SSSR count). The summed E-state index contributed by atoms with van der Waals surface area (Å²) in [5.41, 5.74) is 10.8. The van der Waals surface area contributed by atoms with Gasteiger partial charge in [0.25, 0.3) is 5.91 Å². The number of hydrogen-bond donors (Lipinski definition) is 3. The van der Waals surface area contributed by atoms with Crippen LogP contribution in [0.1, 0.15) is 30.5 Å². The number of carbonyl (C=O) groups excluding carboxylic acids is 1. The van der Waals surface area contributed by atoms with Gasteiger partial charge < -0.3 is 9.47 Å². The highest BCUT2D eigenvalue weighted by Crippen LogP contribution is 2.32. The van der Waals surface area contributed by atoms with E-state index >= 15 is 0 Å². The molecule has 152 valence electrons. The first-order valence-electron chi connectivity index (χ1n) is 9.57. The highest BCUT2D eigenvalue weighted by atomic mass is 16.5. The number of ether oxygens (including phenoxy) is 2. The predicted molar refractivity (Wildman–Crippen MR) is 114 cm³/mol. The third-order valence-electron chi connectivity index (χ3n) is 4.53. The molecule has 1 aliphatic heterocycles. The number of carbonyl (C=O) groups is 1. The van der Waals surface area contributed by atoms with Gasteiger partial charge in [-0.15, -0.1) is 0 Å². The summed E-state index contributed by atoms with van der Waals surface area (Å²) in [4.78, 5) is 12.3. The Labute approximate surface area is 170 Å². The van der Waals surface area contributed by atoms with E-state index in [9.17, 15) is 4.79 Å². The lowest BCUT2D eigenvalue weighted by atomic mass is 10.0. The van der Waals surface area contributed by atoms with Gasteiger partial charge in [-0.25, -0.2) is 16.3 Å². The maximum absolute atomic E-state index is 12.3. The van der Waals surface area contributed by atoms with Crippen molar-refractivity contribution >= 4 is 18.2 Å². The molecule has 7 heteroatoms. The van der Waals surface area contributed by atoms with Crippen LogP contribution in [0.4, 0.5) is 0 Å². The molecule has 7 nitrogen and oxygen atoms in total. The van der Waals surface area contributed by atoms with E-state index < -0.39 is 0 Å². The second-order valence-electron chi connectivity index (χ2n) is 6.50. The van der Waals surface area contributed by atoms with E-state index in [0.29, 0.717) is 24.5 Å². The van der Waals surface area contributed by atoms with Crippen molar-refractivity contribution in [2.45, 2.75) is 25.4 Å². The Morgan fingerprint density at radius 3 is 2.79 bits per heavy atom. The number of hydrazone groups is 1. The number of hydrogen-bond acceptors (Lipinski definition) is 6. The van der Waals surface area contributed by atoms with Crippen molar-refractivity contribution in [1.82, 2.24) is 16.3 Å². The van der Waals surface area contributed by atoms with Gasteiger partial charge in [-0.1, -0.05) is 42.5 Å². The first-order chi connectivity index (χ1) is 14.2. The molecule has 2 aromatic carbocycles. The Balaban J connectivity index is 1.51. The number of nitrogens with one attached hydrogen (secondary N) is 3. The lowest BCUT2D eigenvalue weighted by Crippen LogP contribution is -2.41. The van der Waals surface area contributed by atoms with Crippen LogP contribution in [0.3, 0.4) is 0 Å². The Hall–Kier alpha value is -3.16. The van der Waals surface area contributed by atoms with Crippen molar-refractivity contribution in [2.24, 2.45) is 5.10 Å². The molecular weight excluding hydrogens is 368 g/mol. The number of amides is 1. The highest BCUT2D eigenvalue weighted by molar-refractivity contribution is 5.84. The van der Waals surface area contributed by atoms with E-state index in [1.807, 2.05) is 61.5 Å². The number of methoxy groups -OCH3 is 1. The van der Waals surface area contributed by atoms with Crippen LogP contribution in [0, 0.1) is 0 Å². The van der Waals surface area contributed by atoms with Gasteiger partial charge in [-0.05, 0) is 42.7 Å². The molecule has 1 saturated heterocycles. The molecule has 2 unspecified atom stereocenters. The fraction of sp³-hybridized carbons (Fsp3) is 0.273. The lowest BCUT2D eigenvalue weighted by Gasteiger charge is -2.14.